The number of hydrogen-bond acceptors (Lipinski definition) is 9. The van der Waals surface area contributed by atoms with Gasteiger partial charge in [-0.15, -0.1) is 0 Å². The van der Waals surface area contributed by atoms with Crippen LogP contribution in [0.25, 0.3) is 0 Å². The van der Waals surface area contributed by atoms with Crippen molar-refractivity contribution in [3.05, 3.63) is 54.0 Å². The first-order valence-corrected chi connectivity index (χ1v) is 12.3. The zero-order valence-corrected chi connectivity index (χ0v) is 20.6. The second kappa shape index (κ2) is 11.1. The number of pyridine rings is 1. The van der Waals surface area contributed by atoms with Gasteiger partial charge in [0.25, 0.3) is 0 Å². The molecule has 4 atom stereocenters. The maximum atomic E-state index is 11.8. The molecule has 1 aromatic rings. The molecule has 0 N–H and O–H groups in total. The maximum absolute atomic E-state index is 11.8. The first-order valence-electron chi connectivity index (χ1n) is 12.3. The van der Waals surface area contributed by atoms with E-state index >= 15 is 0 Å². The number of esters is 1. The molecule has 0 spiro atoms. The highest BCUT2D eigenvalue weighted by Gasteiger charge is 2.43. The Bertz CT molecular complexity index is 958. The van der Waals surface area contributed by atoms with Crippen molar-refractivity contribution in [2.24, 2.45) is 33.3 Å². The fraction of sp³-hybridized carbons (Fsp3) is 0.600. The van der Waals surface area contributed by atoms with Gasteiger partial charge >= 0.3 is 5.97 Å². The SMILES string of the molecule is C=CN(N=NC)c1ccc(C(CN2CCC(C3CCN(C4COC(=O)C4C)C3=C)CC2)N=O)nc1. The number of allylic oxidation sites excluding steroid dienone is 1. The summed E-state index contributed by atoms with van der Waals surface area (Å²) in [5, 5.41) is 12.6. The topological polar surface area (TPSA) is 103 Å². The number of nitroso groups, excluding NO2 is 1. The molecule has 35 heavy (non-hydrogen) atoms. The number of aromatic nitrogens is 1. The Labute approximate surface area is 206 Å². The zero-order chi connectivity index (χ0) is 24.9. The van der Waals surface area contributed by atoms with Crippen LogP contribution in [0.2, 0.25) is 0 Å². The molecule has 0 amide bonds. The molecule has 3 saturated heterocycles. The largest absolute Gasteiger partial charge is 0.463 e. The third kappa shape index (κ3) is 5.27. The number of nitrogens with zero attached hydrogens (tertiary/aromatic N) is 7. The van der Waals surface area contributed by atoms with Gasteiger partial charge in [0.1, 0.15) is 12.6 Å². The van der Waals surface area contributed by atoms with E-state index in [-0.39, 0.29) is 17.9 Å². The summed E-state index contributed by atoms with van der Waals surface area (Å²) in [5.74, 6) is 0.808. The second-order valence-corrected chi connectivity index (χ2v) is 9.58. The molecule has 0 aliphatic carbocycles. The number of ether oxygens (including phenoxy) is 1. The van der Waals surface area contributed by atoms with E-state index in [2.05, 4.69) is 43.5 Å². The molecule has 10 heteroatoms. The van der Waals surface area contributed by atoms with Crippen LogP contribution in [0.4, 0.5) is 5.69 Å². The summed E-state index contributed by atoms with van der Waals surface area (Å²) < 4.78 is 5.27. The number of carbonyl (C=O) groups excluding carboxylic acids is 1. The predicted octanol–water partition coefficient (Wildman–Crippen LogP) is 3.95. The van der Waals surface area contributed by atoms with Crippen LogP contribution in [0.5, 0.6) is 0 Å². The highest BCUT2D eigenvalue weighted by Crippen LogP contribution is 2.41. The monoisotopic (exact) mass is 481 g/mol. The number of cyclic esters (lactones) is 1. The van der Waals surface area contributed by atoms with Gasteiger partial charge in [0.05, 0.1) is 36.6 Å². The van der Waals surface area contributed by atoms with Crippen LogP contribution in [0, 0.1) is 22.7 Å². The lowest BCUT2D eigenvalue weighted by Gasteiger charge is -2.36. The van der Waals surface area contributed by atoms with E-state index in [1.165, 1.54) is 5.01 Å². The van der Waals surface area contributed by atoms with E-state index in [1.807, 2.05) is 19.1 Å². The molecule has 10 nitrogen and oxygen atoms in total. The second-order valence-electron chi connectivity index (χ2n) is 9.58. The van der Waals surface area contributed by atoms with Crippen molar-refractivity contribution in [1.29, 1.82) is 0 Å². The Balaban J connectivity index is 1.30. The van der Waals surface area contributed by atoms with E-state index in [1.54, 1.807) is 19.4 Å². The molecule has 0 aromatic carbocycles. The molecule has 3 fully saturated rings. The Morgan fingerprint density at radius 3 is 2.63 bits per heavy atom. The van der Waals surface area contributed by atoms with Gasteiger partial charge in [-0.2, -0.15) is 10.0 Å². The molecule has 1 aromatic heterocycles. The standard InChI is InChI=1S/C25H35N7O3/c1-5-32(29-26-4)20-6-7-22(27-14-20)23(28-34)15-30-11-8-19(9-12-30)21-10-13-31(18(21)3)24-16-35-25(33)17(24)2/h5-7,14,17,19,21,23-24H,1,3,8-13,15-16H2,2,4H3. The van der Waals surface area contributed by atoms with E-state index in [4.69, 9.17) is 4.74 Å². The van der Waals surface area contributed by atoms with Crippen LogP contribution in [-0.4, -0.2) is 66.6 Å². The van der Waals surface area contributed by atoms with Gasteiger partial charge in [-0.05, 0) is 57.3 Å². The van der Waals surface area contributed by atoms with Gasteiger partial charge in [0.15, 0.2) is 0 Å². The number of anilines is 1. The van der Waals surface area contributed by atoms with Crippen molar-refractivity contribution in [3.63, 3.8) is 0 Å². The quantitative estimate of drug-likeness (QED) is 0.228. The predicted molar refractivity (Wildman–Crippen MR) is 133 cm³/mol. The number of rotatable bonds is 9. The highest BCUT2D eigenvalue weighted by molar-refractivity contribution is 5.75. The molecule has 4 rings (SSSR count). The summed E-state index contributed by atoms with van der Waals surface area (Å²) in [4.78, 5) is 32.6. The summed E-state index contributed by atoms with van der Waals surface area (Å²) in [7, 11) is 1.58. The highest BCUT2D eigenvalue weighted by atomic mass is 16.5. The van der Waals surface area contributed by atoms with Crippen LogP contribution < -0.4 is 5.01 Å². The van der Waals surface area contributed by atoms with E-state index < -0.39 is 6.04 Å². The van der Waals surface area contributed by atoms with E-state index in [0.717, 1.165) is 44.6 Å². The molecule has 188 valence electrons. The minimum absolute atomic E-state index is 0.0984. The number of piperidine rings is 1. The lowest BCUT2D eigenvalue weighted by atomic mass is 9.82. The summed E-state index contributed by atoms with van der Waals surface area (Å²) in [5.41, 5.74) is 2.52. The summed E-state index contributed by atoms with van der Waals surface area (Å²) >= 11 is 0. The van der Waals surface area contributed by atoms with Crippen LogP contribution in [0.1, 0.15) is 37.9 Å². The van der Waals surface area contributed by atoms with E-state index in [0.29, 0.717) is 36.4 Å². The third-order valence-corrected chi connectivity index (χ3v) is 7.72. The average Bonchev–Trinajstić information content (AvgIpc) is 3.42. The van der Waals surface area contributed by atoms with Crippen molar-refractivity contribution in [2.75, 3.05) is 44.8 Å². The van der Waals surface area contributed by atoms with Crippen molar-refractivity contribution in [1.82, 2.24) is 14.8 Å². The first-order chi connectivity index (χ1) is 17.0. The summed E-state index contributed by atoms with van der Waals surface area (Å²) in [6, 6.07) is 3.24. The van der Waals surface area contributed by atoms with Gasteiger partial charge in [0.2, 0.25) is 0 Å². The first kappa shape index (κ1) is 25.0. The van der Waals surface area contributed by atoms with Gasteiger partial charge in [-0.1, -0.05) is 23.6 Å². The Hall–Kier alpha value is -3.14. The number of likely N-dealkylation sites (tertiary alicyclic amines) is 2. The lowest BCUT2D eigenvalue weighted by Crippen LogP contribution is -2.39. The van der Waals surface area contributed by atoms with Crippen LogP contribution in [0.3, 0.4) is 0 Å². The van der Waals surface area contributed by atoms with Gasteiger partial charge in [-0.25, -0.2) is 5.01 Å². The molecule has 3 aliphatic rings. The van der Waals surface area contributed by atoms with Crippen molar-refractivity contribution in [2.45, 2.75) is 38.3 Å². The average molecular weight is 482 g/mol. The zero-order valence-electron chi connectivity index (χ0n) is 20.6. The fourth-order valence-electron chi connectivity index (χ4n) is 5.63. The Kier molecular flexibility index (Phi) is 7.90. The minimum atomic E-state index is -0.524. The molecule has 4 heterocycles. The molecule has 0 bridgehead atoms. The molecular formula is C25H35N7O3. The van der Waals surface area contributed by atoms with Gasteiger partial charge in [-0.3, -0.25) is 9.78 Å². The van der Waals surface area contributed by atoms with Crippen LogP contribution in [-0.2, 0) is 9.53 Å². The summed E-state index contributed by atoms with van der Waals surface area (Å²) in [6.07, 6.45) is 6.39. The number of hydrogen-bond donors (Lipinski definition) is 0. The minimum Gasteiger partial charge on any atom is -0.463 e. The van der Waals surface area contributed by atoms with Crippen molar-refractivity contribution in [3.8, 4) is 0 Å². The molecule has 0 saturated carbocycles. The molecule has 4 unspecified atom stereocenters. The Morgan fingerprint density at radius 1 is 1.29 bits per heavy atom. The number of carbonyl (C=O) groups is 1. The van der Waals surface area contributed by atoms with E-state index in [9.17, 15) is 9.70 Å². The normalized spacial score (nSPS) is 26.8. The molecule has 3 aliphatic heterocycles. The third-order valence-electron chi connectivity index (χ3n) is 7.72. The fourth-order valence-corrected chi connectivity index (χ4v) is 5.63. The van der Waals surface area contributed by atoms with Crippen LogP contribution >= 0.6 is 0 Å². The Morgan fingerprint density at radius 2 is 2.06 bits per heavy atom. The summed E-state index contributed by atoms with van der Waals surface area (Å²) in [6.45, 7) is 13.9. The lowest BCUT2D eigenvalue weighted by molar-refractivity contribution is -0.140. The smallest absolute Gasteiger partial charge is 0.310 e. The van der Waals surface area contributed by atoms with Crippen molar-refractivity contribution < 1.29 is 9.53 Å². The molecule has 0 radical (unpaired) electrons. The maximum Gasteiger partial charge on any atom is 0.310 e. The van der Waals surface area contributed by atoms with Gasteiger partial charge < -0.3 is 14.5 Å². The van der Waals surface area contributed by atoms with Crippen LogP contribution in [0.15, 0.2) is 58.9 Å². The molecular weight excluding hydrogens is 446 g/mol. The van der Waals surface area contributed by atoms with Gasteiger partial charge in [0, 0.05) is 30.9 Å². The van der Waals surface area contributed by atoms with Crippen molar-refractivity contribution >= 4 is 11.7 Å².